The third kappa shape index (κ3) is 2.70. The van der Waals surface area contributed by atoms with Crippen LogP contribution in [-0.4, -0.2) is 16.1 Å². The molecule has 0 fully saturated rings. The third-order valence-electron chi connectivity index (χ3n) is 2.90. The Morgan fingerprint density at radius 2 is 2.00 bits per heavy atom. The summed E-state index contributed by atoms with van der Waals surface area (Å²) in [4.78, 5) is 15.4. The Kier molecular flexibility index (Phi) is 3.46. The number of hydrogen-bond donors (Lipinski definition) is 2. The van der Waals surface area contributed by atoms with Crippen LogP contribution in [0.5, 0.6) is 0 Å². The molecule has 1 aromatic heterocycles. The Bertz CT molecular complexity index is 589. The second kappa shape index (κ2) is 5.06. The molecule has 0 aliphatic rings. The Morgan fingerprint density at radius 1 is 1.32 bits per heavy atom. The summed E-state index contributed by atoms with van der Waals surface area (Å²) < 4.78 is 13.1. The van der Waals surface area contributed by atoms with Crippen molar-refractivity contribution < 1.29 is 14.3 Å². The van der Waals surface area contributed by atoms with E-state index in [2.05, 4.69) is 10.3 Å². The zero-order chi connectivity index (χ0) is 13.9. The van der Waals surface area contributed by atoms with Crippen LogP contribution in [0.4, 0.5) is 10.1 Å². The molecule has 0 radical (unpaired) electrons. The normalized spacial score (nSPS) is 13.6. The lowest BCUT2D eigenvalue weighted by Crippen LogP contribution is -2.40. The fourth-order valence-corrected chi connectivity index (χ4v) is 1.79. The summed E-state index contributed by atoms with van der Waals surface area (Å²) >= 11 is 0. The van der Waals surface area contributed by atoms with Gasteiger partial charge in [-0.25, -0.2) is 9.18 Å². The average Bonchev–Trinajstić information content (AvgIpc) is 2.39. The van der Waals surface area contributed by atoms with Crippen molar-refractivity contribution in [3.05, 3.63) is 60.2 Å². The number of benzene rings is 1. The first-order valence-corrected chi connectivity index (χ1v) is 5.70. The number of carboxylic acid groups (broad SMARTS) is 1. The first-order valence-electron chi connectivity index (χ1n) is 5.70. The molecule has 1 aromatic carbocycles. The van der Waals surface area contributed by atoms with Gasteiger partial charge in [-0.2, -0.15) is 0 Å². The largest absolute Gasteiger partial charge is 0.479 e. The molecule has 19 heavy (non-hydrogen) atoms. The molecule has 2 aromatic rings. The number of pyridine rings is 1. The standard InChI is InChI=1S/C14H13FN2O2/c1-14(13(18)19,10-5-7-16-8-6-10)17-12-4-2-3-11(15)9-12/h2-9,17H,1H3,(H,18,19). The van der Waals surface area contributed by atoms with Gasteiger partial charge < -0.3 is 10.4 Å². The van der Waals surface area contributed by atoms with Crippen LogP contribution in [0.3, 0.4) is 0 Å². The highest BCUT2D eigenvalue weighted by Crippen LogP contribution is 2.26. The molecule has 1 heterocycles. The van der Waals surface area contributed by atoms with Gasteiger partial charge >= 0.3 is 5.97 Å². The van der Waals surface area contributed by atoms with Gasteiger partial charge in [0.15, 0.2) is 5.54 Å². The first-order chi connectivity index (χ1) is 9.02. The van der Waals surface area contributed by atoms with Gasteiger partial charge in [0.25, 0.3) is 0 Å². The van der Waals surface area contributed by atoms with Gasteiger partial charge in [-0.1, -0.05) is 6.07 Å². The molecule has 1 unspecified atom stereocenters. The molecule has 0 aliphatic heterocycles. The highest BCUT2D eigenvalue weighted by Gasteiger charge is 2.35. The lowest BCUT2D eigenvalue weighted by Gasteiger charge is -2.27. The zero-order valence-corrected chi connectivity index (χ0v) is 10.3. The minimum Gasteiger partial charge on any atom is -0.479 e. The Balaban J connectivity index is 2.39. The highest BCUT2D eigenvalue weighted by molar-refractivity contribution is 5.84. The number of halogens is 1. The van der Waals surface area contributed by atoms with E-state index in [1.54, 1.807) is 18.2 Å². The van der Waals surface area contributed by atoms with E-state index >= 15 is 0 Å². The summed E-state index contributed by atoms with van der Waals surface area (Å²) in [6.07, 6.45) is 3.04. The molecule has 1 atom stereocenters. The highest BCUT2D eigenvalue weighted by atomic mass is 19.1. The molecule has 2 N–H and O–H groups in total. The predicted molar refractivity (Wildman–Crippen MR) is 69.2 cm³/mol. The third-order valence-corrected chi connectivity index (χ3v) is 2.90. The summed E-state index contributed by atoms with van der Waals surface area (Å²) in [6, 6.07) is 8.91. The summed E-state index contributed by atoms with van der Waals surface area (Å²) in [5.74, 6) is -1.48. The first kappa shape index (κ1) is 13.0. The minimum absolute atomic E-state index is 0.404. The quantitative estimate of drug-likeness (QED) is 0.887. The van der Waals surface area contributed by atoms with Crippen molar-refractivity contribution in [3.63, 3.8) is 0 Å². The molecule has 98 valence electrons. The van der Waals surface area contributed by atoms with Gasteiger partial charge in [-0.3, -0.25) is 4.98 Å². The number of hydrogen-bond acceptors (Lipinski definition) is 3. The van der Waals surface area contributed by atoms with Crippen molar-refractivity contribution in [3.8, 4) is 0 Å². The average molecular weight is 260 g/mol. The number of nitrogens with zero attached hydrogens (tertiary/aromatic N) is 1. The smallest absolute Gasteiger partial charge is 0.333 e. The molecule has 5 heteroatoms. The van der Waals surface area contributed by atoms with Crippen molar-refractivity contribution in [2.75, 3.05) is 5.32 Å². The van der Waals surface area contributed by atoms with Crippen molar-refractivity contribution >= 4 is 11.7 Å². The SMILES string of the molecule is CC(Nc1cccc(F)c1)(C(=O)O)c1ccncc1. The maximum atomic E-state index is 13.1. The number of rotatable bonds is 4. The molecule has 2 rings (SSSR count). The van der Waals surface area contributed by atoms with Crippen molar-refractivity contribution in [2.24, 2.45) is 0 Å². The molecule has 0 saturated heterocycles. The molecule has 0 amide bonds. The summed E-state index contributed by atoms with van der Waals surface area (Å²) in [5, 5.41) is 12.3. The van der Waals surface area contributed by atoms with E-state index in [4.69, 9.17) is 0 Å². The van der Waals surface area contributed by atoms with E-state index in [0.717, 1.165) is 0 Å². The summed E-state index contributed by atoms with van der Waals surface area (Å²) in [5.41, 5.74) is -0.405. The molecule has 0 spiro atoms. The summed E-state index contributed by atoms with van der Waals surface area (Å²) in [7, 11) is 0. The maximum absolute atomic E-state index is 13.1. The van der Waals surface area contributed by atoms with E-state index in [1.807, 2.05) is 0 Å². The summed E-state index contributed by atoms with van der Waals surface area (Å²) in [6.45, 7) is 1.52. The minimum atomic E-state index is -1.35. The van der Waals surface area contributed by atoms with Crippen LogP contribution in [0, 0.1) is 5.82 Å². The number of aromatic nitrogens is 1. The van der Waals surface area contributed by atoms with Gasteiger partial charge in [0.1, 0.15) is 5.82 Å². The Morgan fingerprint density at radius 3 is 2.58 bits per heavy atom. The Labute approximate surface area is 109 Å². The molecular weight excluding hydrogens is 247 g/mol. The van der Waals surface area contributed by atoms with Crippen molar-refractivity contribution in [1.29, 1.82) is 0 Å². The van der Waals surface area contributed by atoms with Gasteiger partial charge in [0, 0.05) is 18.1 Å². The van der Waals surface area contributed by atoms with E-state index in [1.165, 1.54) is 37.5 Å². The number of anilines is 1. The number of nitrogens with one attached hydrogen (secondary N) is 1. The number of aliphatic carboxylic acids is 1. The maximum Gasteiger partial charge on any atom is 0.333 e. The number of carbonyl (C=O) groups is 1. The molecule has 0 aliphatic carbocycles. The molecular formula is C14H13FN2O2. The fraction of sp³-hybridized carbons (Fsp3) is 0.143. The molecule has 0 bridgehead atoms. The van der Waals surface area contributed by atoms with Gasteiger partial charge in [0.2, 0.25) is 0 Å². The van der Waals surface area contributed by atoms with Crippen LogP contribution < -0.4 is 5.32 Å². The second-order valence-corrected chi connectivity index (χ2v) is 4.30. The van der Waals surface area contributed by atoms with Crippen molar-refractivity contribution in [2.45, 2.75) is 12.5 Å². The van der Waals surface area contributed by atoms with Crippen LogP contribution in [0.15, 0.2) is 48.8 Å². The van der Waals surface area contributed by atoms with Crippen molar-refractivity contribution in [1.82, 2.24) is 4.98 Å². The van der Waals surface area contributed by atoms with E-state index in [9.17, 15) is 14.3 Å². The van der Waals surface area contributed by atoms with Crippen LogP contribution in [0.25, 0.3) is 0 Å². The lowest BCUT2D eigenvalue weighted by atomic mass is 9.92. The van der Waals surface area contributed by atoms with Gasteiger partial charge in [0.05, 0.1) is 0 Å². The predicted octanol–water partition coefficient (Wildman–Crippen LogP) is 2.63. The second-order valence-electron chi connectivity index (χ2n) is 4.30. The fourth-order valence-electron chi connectivity index (χ4n) is 1.79. The Hall–Kier alpha value is -2.43. The van der Waals surface area contributed by atoms with Crippen LogP contribution >= 0.6 is 0 Å². The molecule has 4 nitrogen and oxygen atoms in total. The van der Waals surface area contributed by atoms with E-state index < -0.39 is 17.3 Å². The lowest BCUT2D eigenvalue weighted by molar-refractivity contribution is -0.142. The zero-order valence-electron chi connectivity index (χ0n) is 10.3. The van der Waals surface area contributed by atoms with Gasteiger partial charge in [-0.05, 0) is 42.8 Å². The monoisotopic (exact) mass is 260 g/mol. The van der Waals surface area contributed by atoms with E-state index in [-0.39, 0.29) is 0 Å². The van der Waals surface area contributed by atoms with Crippen LogP contribution in [-0.2, 0) is 10.3 Å². The van der Waals surface area contributed by atoms with Crippen LogP contribution in [0.2, 0.25) is 0 Å². The van der Waals surface area contributed by atoms with Crippen LogP contribution in [0.1, 0.15) is 12.5 Å². The molecule has 0 saturated carbocycles. The topological polar surface area (TPSA) is 62.2 Å². The number of carboxylic acids is 1. The van der Waals surface area contributed by atoms with Gasteiger partial charge in [-0.15, -0.1) is 0 Å². The van der Waals surface area contributed by atoms with E-state index in [0.29, 0.717) is 11.3 Å².